The van der Waals surface area contributed by atoms with Gasteiger partial charge in [-0.05, 0) is 38.8 Å². The maximum atomic E-state index is 11.1. The van der Waals surface area contributed by atoms with E-state index in [1.165, 1.54) is 5.56 Å². The standard InChI is InChI=1S/C18H26O3/c1-15(2)18(19)21-14-8-6-4-5-7-13-20-17-11-9-16(3)10-12-17/h9-12H,1,4-8,13-14H2,2-3H3. The van der Waals surface area contributed by atoms with Crippen LogP contribution >= 0.6 is 0 Å². The maximum Gasteiger partial charge on any atom is 0.333 e. The zero-order valence-corrected chi connectivity index (χ0v) is 13.2. The van der Waals surface area contributed by atoms with Gasteiger partial charge in [0.25, 0.3) is 0 Å². The number of unbranched alkanes of at least 4 members (excludes halogenated alkanes) is 4. The van der Waals surface area contributed by atoms with E-state index in [0.717, 1.165) is 44.5 Å². The van der Waals surface area contributed by atoms with E-state index in [-0.39, 0.29) is 5.97 Å². The topological polar surface area (TPSA) is 35.5 Å². The van der Waals surface area contributed by atoms with Gasteiger partial charge in [-0.15, -0.1) is 0 Å². The lowest BCUT2D eigenvalue weighted by Gasteiger charge is -2.06. The summed E-state index contributed by atoms with van der Waals surface area (Å²) in [4.78, 5) is 11.1. The van der Waals surface area contributed by atoms with Crippen LogP contribution in [-0.2, 0) is 9.53 Å². The van der Waals surface area contributed by atoms with Gasteiger partial charge in [-0.3, -0.25) is 0 Å². The molecule has 0 fully saturated rings. The van der Waals surface area contributed by atoms with E-state index in [9.17, 15) is 4.79 Å². The fourth-order valence-corrected chi connectivity index (χ4v) is 1.85. The Balaban J connectivity index is 1.92. The smallest absolute Gasteiger partial charge is 0.333 e. The van der Waals surface area contributed by atoms with Crippen molar-refractivity contribution in [2.75, 3.05) is 13.2 Å². The molecule has 0 aliphatic heterocycles. The molecular formula is C18H26O3. The highest BCUT2D eigenvalue weighted by Gasteiger charge is 2.01. The Morgan fingerprint density at radius 1 is 1.00 bits per heavy atom. The van der Waals surface area contributed by atoms with Crippen LogP contribution in [0, 0.1) is 6.92 Å². The fraction of sp³-hybridized carbons (Fsp3) is 0.500. The van der Waals surface area contributed by atoms with Gasteiger partial charge in [0.15, 0.2) is 0 Å². The van der Waals surface area contributed by atoms with Crippen molar-refractivity contribution in [1.82, 2.24) is 0 Å². The first-order valence-corrected chi connectivity index (χ1v) is 7.61. The molecular weight excluding hydrogens is 264 g/mol. The number of esters is 1. The van der Waals surface area contributed by atoms with Crippen molar-refractivity contribution in [3.8, 4) is 5.75 Å². The van der Waals surface area contributed by atoms with Crippen LogP contribution in [0.3, 0.4) is 0 Å². The molecule has 0 N–H and O–H groups in total. The van der Waals surface area contributed by atoms with Crippen LogP contribution in [0.15, 0.2) is 36.4 Å². The van der Waals surface area contributed by atoms with Crippen molar-refractivity contribution >= 4 is 5.97 Å². The normalized spacial score (nSPS) is 10.2. The van der Waals surface area contributed by atoms with Crippen LogP contribution in [0.2, 0.25) is 0 Å². The van der Waals surface area contributed by atoms with Crippen LogP contribution in [0.5, 0.6) is 5.75 Å². The molecule has 21 heavy (non-hydrogen) atoms. The molecule has 1 rings (SSSR count). The molecule has 116 valence electrons. The van der Waals surface area contributed by atoms with Crippen molar-refractivity contribution in [1.29, 1.82) is 0 Å². The maximum absolute atomic E-state index is 11.1. The zero-order chi connectivity index (χ0) is 15.5. The molecule has 0 aliphatic carbocycles. The van der Waals surface area contributed by atoms with Crippen LogP contribution in [0.1, 0.15) is 44.6 Å². The lowest BCUT2D eigenvalue weighted by atomic mass is 10.1. The van der Waals surface area contributed by atoms with Gasteiger partial charge in [-0.1, -0.05) is 43.5 Å². The first-order chi connectivity index (χ1) is 10.1. The Morgan fingerprint density at radius 2 is 1.57 bits per heavy atom. The average Bonchev–Trinajstić information content (AvgIpc) is 2.47. The molecule has 0 saturated carbocycles. The van der Waals surface area contributed by atoms with Gasteiger partial charge in [0, 0.05) is 5.57 Å². The lowest BCUT2D eigenvalue weighted by Crippen LogP contribution is -2.06. The third kappa shape index (κ3) is 8.18. The van der Waals surface area contributed by atoms with Crippen molar-refractivity contribution in [2.24, 2.45) is 0 Å². The fourth-order valence-electron chi connectivity index (χ4n) is 1.85. The largest absolute Gasteiger partial charge is 0.494 e. The second kappa shape index (κ2) is 10.0. The summed E-state index contributed by atoms with van der Waals surface area (Å²) in [6.45, 7) is 8.52. The molecule has 0 atom stereocenters. The third-order valence-corrected chi connectivity index (χ3v) is 3.16. The second-order valence-corrected chi connectivity index (χ2v) is 5.35. The average molecular weight is 290 g/mol. The van der Waals surface area contributed by atoms with Gasteiger partial charge in [0.05, 0.1) is 13.2 Å². The Kier molecular flexibility index (Phi) is 8.25. The van der Waals surface area contributed by atoms with Crippen LogP contribution < -0.4 is 4.74 Å². The summed E-state index contributed by atoms with van der Waals surface area (Å²) in [5.41, 5.74) is 1.71. The number of hydrogen-bond acceptors (Lipinski definition) is 3. The van der Waals surface area contributed by atoms with Crippen LogP contribution in [0.4, 0.5) is 0 Å². The Hall–Kier alpha value is -1.77. The van der Waals surface area contributed by atoms with Crippen molar-refractivity contribution in [3.05, 3.63) is 42.0 Å². The zero-order valence-electron chi connectivity index (χ0n) is 13.2. The summed E-state index contributed by atoms with van der Waals surface area (Å²) in [5.74, 6) is 0.647. The number of carbonyl (C=O) groups excluding carboxylic acids is 1. The number of ether oxygens (including phenoxy) is 2. The van der Waals surface area contributed by atoms with E-state index in [0.29, 0.717) is 12.2 Å². The Labute approximate surface area is 128 Å². The van der Waals surface area contributed by atoms with Crippen LogP contribution in [0.25, 0.3) is 0 Å². The minimum absolute atomic E-state index is 0.290. The molecule has 0 amide bonds. The molecule has 3 nitrogen and oxygen atoms in total. The number of aryl methyl sites for hydroxylation is 1. The molecule has 0 bridgehead atoms. The predicted molar refractivity (Wildman–Crippen MR) is 85.5 cm³/mol. The highest BCUT2D eigenvalue weighted by atomic mass is 16.5. The number of carbonyl (C=O) groups is 1. The van der Waals surface area contributed by atoms with E-state index >= 15 is 0 Å². The highest BCUT2D eigenvalue weighted by Crippen LogP contribution is 2.12. The van der Waals surface area contributed by atoms with Gasteiger partial charge < -0.3 is 9.47 Å². The van der Waals surface area contributed by atoms with E-state index < -0.39 is 0 Å². The molecule has 0 aromatic heterocycles. The van der Waals surface area contributed by atoms with Crippen molar-refractivity contribution in [2.45, 2.75) is 46.0 Å². The molecule has 0 spiro atoms. The van der Waals surface area contributed by atoms with Crippen LogP contribution in [-0.4, -0.2) is 19.2 Å². The molecule has 3 heteroatoms. The third-order valence-electron chi connectivity index (χ3n) is 3.16. The quantitative estimate of drug-likeness (QED) is 0.363. The minimum atomic E-state index is -0.290. The first-order valence-electron chi connectivity index (χ1n) is 7.61. The van der Waals surface area contributed by atoms with E-state index in [4.69, 9.17) is 9.47 Å². The second-order valence-electron chi connectivity index (χ2n) is 5.35. The van der Waals surface area contributed by atoms with E-state index in [2.05, 4.69) is 25.6 Å². The van der Waals surface area contributed by atoms with Crippen molar-refractivity contribution in [3.63, 3.8) is 0 Å². The predicted octanol–water partition coefficient (Wildman–Crippen LogP) is 4.44. The summed E-state index contributed by atoms with van der Waals surface area (Å²) in [6, 6.07) is 8.12. The molecule has 1 aromatic rings. The summed E-state index contributed by atoms with van der Waals surface area (Å²) < 4.78 is 10.7. The molecule has 0 heterocycles. The van der Waals surface area contributed by atoms with E-state index in [1.807, 2.05) is 12.1 Å². The molecule has 0 aliphatic rings. The molecule has 0 unspecified atom stereocenters. The highest BCUT2D eigenvalue weighted by molar-refractivity contribution is 5.86. The summed E-state index contributed by atoms with van der Waals surface area (Å²) in [7, 11) is 0. The monoisotopic (exact) mass is 290 g/mol. The Bertz CT molecular complexity index is 434. The Morgan fingerprint density at radius 3 is 2.19 bits per heavy atom. The molecule has 1 aromatic carbocycles. The number of benzene rings is 1. The molecule has 0 radical (unpaired) electrons. The van der Waals surface area contributed by atoms with E-state index in [1.54, 1.807) is 6.92 Å². The number of hydrogen-bond donors (Lipinski definition) is 0. The van der Waals surface area contributed by atoms with Gasteiger partial charge in [0.1, 0.15) is 5.75 Å². The molecule has 0 saturated heterocycles. The summed E-state index contributed by atoms with van der Waals surface area (Å²) in [5, 5.41) is 0. The lowest BCUT2D eigenvalue weighted by molar-refractivity contribution is -0.139. The SMILES string of the molecule is C=C(C)C(=O)OCCCCCCCOc1ccc(C)cc1. The summed E-state index contributed by atoms with van der Waals surface area (Å²) in [6.07, 6.45) is 5.33. The minimum Gasteiger partial charge on any atom is -0.494 e. The summed E-state index contributed by atoms with van der Waals surface area (Å²) >= 11 is 0. The number of rotatable bonds is 10. The van der Waals surface area contributed by atoms with Gasteiger partial charge >= 0.3 is 5.97 Å². The van der Waals surface area contributed by atoms with Gasteiger partial charge in [-0.2, -0.15) is 0 Å². The van der Waals surface area contributed by atoms with Gasteiger partial charge in [-0.25, -0.2) is 4.79 Å². The van der Waals surface area contributed by atoms with Crippen molar-refractivity contribution < 1.29 is 14.3 Å². The first kappa shape index (κ1) is 17.3. The van der Waals surface area contributed by atoms with Gasteiger partial charge in [0.2, 0.25) is 0 Å².